The molecule has 0 bridgehead atoms. The van der Waals surface area contributed by atoms with Crippen LogP contribution in [0.1, 0.15) is 30.2 Å². The zero-order valence-electron chi connectivity index (χ0n) is 10.0. The van der Waals surface area contributed by atoms with E-state index in [1.54, 1.807) is 10.4 Å². The maximum atomic E-state index is 12.4. The number of aliphatic hydroxyl groups is 1. The molecule has 1 fully saturated rings. The summed E-state index contributed by atoms with van der Waals surface area (Å²) in [6.07, 6.45) is 1.93. The molecule has 0 unspecified atom stereocenters. The Balaban J connectivity index is 2.36. The number of hydrogen-bond acceptors (Lipinski definition) is 4. The van der Waals surface area contributed by atoms with Gasteiger partial charge in [-0.3, -0.25) is 0 Å². The lowest BCUT2D eigenvalue weighted by Crippen LogP contribution is -2.32. The van der Waals surface area contributed by atoms with Crippen LogP contribution < -0.4 is 0 Å². The van der Waals surface area contributed by atoms with Gasteiger partial charge in [0.15, 0.2) is 0 Å². The highest BCUT2D eigenvalue weighted by Gasteiger charge is 2.37. The Kier molecular flexibility index (Phi) is 3.58. The van der Waals surface area contributed by atoms with E-state index in [0.29, 0.717) is 10.8 Å². The largest absolute Gasteiger partial charge is 0.391 e. The van der Waals surface area contributed by atoms with Crippen LogP contribution in [0.25, 0.3) is 0 Å². The average Bonchev–Trinajstić information content (AvgIpc) is 3.01. The third kappa shape index (κ3) is 2.40. The predicted molar refractivity (Wildman–Crippen MR) is 67.6 cm³/mol. The van der Waals surface area contributed by atoms with E-state index in [2.05, 4.69) is 0 Å². The third-order valence-corrected chi connectivity index (χ3v) is 6.67. The van der Waals surface area contributed by atoms with Gasteiger partial charge in [-0.25, -0.2) is 8.42 Å². The van der Waals surface area contributed by atoms with E-state index in [0.717, 1.165) is 23.3 Å². The number of thiophene rings is 1. The van der Waals surface area contributed by atoms with Crippen LogP contribution in [0.15, 0.2) is 10.3 Å². The minimum absolute atomic E-state index is 0.0957. The van der Waals surface area contributed by atoms with E-state index in [4.69, 9.17) is 5.11 Å². The van der Waals surface area contributed by atoms with Crippen molar-refractivity contribution in [2.24, 2.45) is 0 Å². The first-order chi connectivity index (χ1) is 8.00. The summed E-state index contributed by atoms with van der Waals surface area (Å²) < 4.78 is 26.7. The Morgan fingerprint density at radius 3 is 2.59 bits per heavy atom. The highest BCUT2D eigenvalue weighted by atomic mass is 32.2. The highest BCUT2D eigenvalue weighted by molar-refractivity contribution is 7.91. The van der Waals surface area contributed by atoms with E-state index >= 15 is 0 Å². The second-order valence-corrected chi connectivity index (χ2v) is 7.52. The summed E-state index contributed by atoms with van der Waals surface area (Å²) in [4.78, 5) is 0.732. The van der Waals surface area contributed by atoms with Crippen molar-refractivity contribution in [2.75, 3.05) is 6.54 Å². The third-order valence-electron chi connectivity index (χ3n) is 2.97. The molecule has 0 aliphatic heterocycles. The lowest BCUT2D eigenvalue weighted by Gasteiger charge is -2.18. The second kappa shape index (κ2) is 4.68. The quantitative estimate of drug-likeness (QED) is 0.890. The monoisotopic (exact) mass is 275 g/mol. The molecule has 0 saturated heterocycles. The number of sulfonamides is 1. The lowest BCUT2D eigenvalue weighted by molar-refractivity contribution is 0.285. The van der Waals surface area contributed by atoms with Crippen LogP contribution in [0.2, 0.25) is 0 Å². The van der Waals surface area contributed by atoms with Gasteiger partial charge in [0, 0.05) is 17.5 Å². The zero-order valence-corrected chi connectivity index (χ0v) is 11.6. The Labute approximate surface area is 106 Å². The van der Waals surface area contributed by atoms with Crippen molar-refractivity contribution < 1.29 is 13.5 Å². The summed E-state index contributed by atoms with van der Waals surface area (Å²) in [5.74, 6) is 0. The first kappa shape index (κ1) is 13.0. The van der Waals surface area contributed by atoms with Gasteiger partial charge in [0.05, 0.1) is 6.61 Å². The molecule has 1 heterocycles. The Morgan fingerprint density at radius 1 is 1.53 bits per heavy atom. The maximum Gasteiger partial charge on any atom is 0.252 e. The van der Waals surface area contributed by atoms with Crippen molar-refractivity contribution in [1.82, 2.24) is 4.31 Å². The molecule has 1 N–H and O–H groups in total. The average molecular weight is 275 g/mol. The van der Waals surface area contributed by atoms with Crippen LogP contribution in [-0.2, 0) is 16.6 Å². The van der Waals surface area contributed by atoms with Gasteiger partial charge in [0.1, 0.15) is 4.21 Å². The van der Waals surface area contributed by atoms with Crippen LogP contribution in [0, 0.1) is 6.92 Å². The van der Waals surface area contributed by atoms with Crippen molar-refractivity contribution in [3.63, 3.8) is 0 Å². The van der Waals surface area contributed by atoms with Crippen molar-refractivity contribution >= 4 is 21.4 Å². The molecule has 17 heavy (non-hydrogen) atoms. The van der Waals surface area contributed by atoms with E-state index in [1.807, 2.05) is 13.8 Å². The van der Waals surface area contributed by atoms with Gasteiger partial charge < -0.3 is 5.11 Å². The molecule has 1 aromatic heterocycles. The molecule has 4 nitrogen and oxygen atoms in total. The first-order valence-electron chi connectivity index (χ1n) is 5.72. The van der Waals surface area contributed by atoms with Crippen molar-refractivity contribution in [3.8, 4) is 0 Å². The molecular weight excluding hydrogens is 258 g/mol. The topological polar surface area (TPSA) is 57.6 Å². The summed E-state index contributed by atoms with van der Waals surface area (Å²) >= 11 is 1.18. The normalized spacial score (nSPS) is 16.7. The van der Waals surface area contributed by atoms with E-state index < -0.39 is 10.0 Å². The van der Waals surface area contributed by atoms with Gasteiger partial charge in [-0.2, -0.15) is 4.31 Å². The summed E-state index contributed by atoms with van der Waals surface area (Å²) in [6, 6.07) is 1.85. The molecule has 0 amide bonds. The SMILES string of the molecule is CCN(C1CC1)S(=O)(=O)c1cc(C)c(CO)s1. The Morgan fingerprint density at radius 2 is 2.18 bits per heavy atom. The molecule has 1 saturated carbocycles. The van der Waals surface area contributed by atoms with Crippen molar-refractivity contribution in [1.29, 1.82) is 0 Å². The minimum atomic E-state index is -3.36. The number of nitrogens with zero attached hydrogens (tertiary/aromatic N) is 1. The molecule has 1 aromatic rings. The molecule has 6 heteroatoms. The molecule has 2 rings (SSSR count). The molecule has 0 atom stereocenters. The second-order valence-electron chi connectivity index (χ2n) is 4.27. The number of rotatable bonds is 5. The van der Waals surface area contributed by atoms with Crippen molar-refractivity contribution in [2.45, 2.75) is 43.5 Å². The highest BCUT2D eigenvalue weighted by Crippen LogP contribution is 2.35. The molecule has 1 aliphatic rings. The van der Waals surface area contributed by atoms with Gasteiger partial charge in [-0.05, 0) is 31.4 Å². The zero-order chi connectivity index (χ0) is 12.6. The predicted octanol–water partition coefficient (Wildman–Crippen LogP) is 1.72. The van der Waals surface area contributed by atoms with Crippen LogP contribution in [-0.4, -0.2) is 30.4 Å². The van der Waals surface area contributed by atoms with Crippen LogP contribution >= 0.6 is 11.3 Å². The van der Waals surface area contributed by atoms with E-state index in [1.165, 1.54) is 11.3 Å². The lowest BCUT2D eigenvalue weighted by atomic mass is 10.3. The number of hydrogen-bond donors (Lipinski definition) is 1. The fourth-order valence-corrected chi connectivity index (χ4v) is 5.15. The van der Waals surface area contributed by atoms with Crippen molar-refractivity contribution in [3.05, 3.63) is 16.5 Å². The molecular formula is C11H17NO3S2. The molecule has 0 radical (unpaired) electrons. The fraction of sp³-hybridized carbons (Fsp3) is 0.636. The van der Waals surface area contributed by atoms with Gasteiger partial charge in [-0.1, -0.05) is 6.92 Å². The van der Waals surface area contributed by atoms with Crippen LogP contribution in [0.5, 0.6) is 0 Å². The molecule has 0 aromatic carbocycles. The molecule has 1 aliphatic carbocycles. The smallest absolute Gasteiger partial charge is 0.252 e. The fourth-order valence-electron chi connectivity index (χ4n) is 1.88. The van der Waals surface area contributed by atoms with Crippen LogP contribution in [0.3, 0.4) is 0 Å². The standard InChI is InChI=1S/C11H17NO3S2/c1-3-12(9-4-5-9)17(14,15)11-6-8(2)10(7-13)16-11/h6,9,13H,3-5,7H2,1-2H3. The van der Waals surface area contributed by atoms with Gasteiger partial charge in [0.2, 0.25) is 0 Å². The van der Waals surface area contributed by atoms with Crippen LogP contribution in [0.4, 0.5) is 0 Å². The Hall–Kier alpha value is -0.430. The van der Waals surface area contributed by atoms with Gasteiger partial charge >= 0.3 is 0 Å². The maximum absolute atomic E-state index is 12.4. The summed E-state index contributed by atoms with van der Waals surface area (Å²) in [5, 5.41) is 9.12. The summed E-state index contributed by atoms with van der Waals surface area (Å²) in [6.45, 7) is 4.11. The molecule has 0 spiro atoms. The Bertz CT molecular complexity index is 503. The van der Waals surface area contributed by atoms with E-state index in [9.17, 15) is 8.42 Å². The van der Waals surface area contributed by atoms with Gasteiger partial charge in [-0.15, -0.1) is 11.3 Å². The minimum Gasteiger partial charge on any atom is -0.391 e. The van der Waals surface area contributed by atoms with Gasteiger partial charge in [0.25, 0.3) is 10.0 Å². The number of aliphatic hydroxyl groups excluding tert-OH is 1. The molecule has 96 valence electrons. The first-order valence-corrected chi connectivity index (χ1v) is 7.98. The van der Waals surface area contributed by atoms with E-state index in [-0.39, 0.29) is 12.6 Å². The summed E-state index contributed by atoms with van der Waals surface area (Å²) in [5.41, 5.74) is 0.850. The number of aryl methyl sites for hydroxylation is 1. The summed E-state index contributed by atoms with van der Waals surface area (Å²) in [7, 11) is -3.36.